The minimum atomic E-state index is -0.231. The lowest BCUT2D eigenvalue weighted by Crippen LogP contribution is -2.35. The zero-order valence-electron chi connectivity index (χ0n) is 16.7. The molecule has 1 unspecified atom stereocenters. The molecule has 5 nitrogen and oxygen atoms in total. The molecule has 2 heterocycles. The van der Waals surface area contributed by atoms with Crippen LogP contribution < -0.4 is 4.74 Å². The summed E-state index contributed by atoms with van der Waals surface area (Å²) in [5.74, 6) is 1.74. The number of benzene rings is 2. The standard InChI is InChI=1S/C23H29N3O2/c1-3-15-27-19-8-6-7-17(16-19)22(28-18-11-13-26(2)14-12-18)23-24-20-9-4-5-10-21(20)25-23/h4-10,16,18,22H,3,11-15H2,1-2H3,(H,24,25). The fourth-order valence-corrected chi connectivity index (χ4v) is 3.70. The quantitative estimate of drug-likeness (QED) is 0.654. The van der Waals surface area contributed by atoms with Crippen molar-refractivity contribution >= 4 is 11.0 Å². The second-order valence-electron chi connectivity index (χ2n) is 7.58. The van der Waals surface area contributed by atoms with Gasteiger partial charge < -0.3 is 19.4 Å². The Bertz CT molecular complexity index is 867. The third kappa shape index (κ3) is 4.37. The number of fused-ring (bicyclic) bond motifs is 1. The first-order chi connectivity index (χ1) is 13.7. The third-order valence-electron chi connectivity index (χ3n) is 5.28. The average Bonchev–Trinajstić information content (AvgIpc) is 3.16. The second kappa shape index (κ2) is 8.76. The lowest BCUT2D eigenvalue weighted by atomic mass is 10.1. The van der Waals surface area contributed by atoms with Crippen molar-refractivity contribution in [2.45, 2.75) is 38.4 Å². The molecule has 1 aliphatic rings. The summed E-state index contributed by atoms with van der Waals surface area (Å²) in [6.07, 6.45) is 3.07. The molecule has 0 radical (unpaired) electrons. The largest absolute Gasteiger partial charge is 0.494 e. The SMILES string of the molecule is CCCOc1cccc(C(OC2CCN(C)CC2)c2nc3ccccc3[nH]2)c1. The molecule has 0 aliphatic carbocycles. The zero-order chi connectivity index (χ0) is 19.3. The average molecular weight is 380 g/mol. The Balaban J connectivity index is 1.64. The number of H-pyrrole nitrogens is 1. The molecule has 1 aliphatic heterocycles. The number of ether oxygens (including phenoxy) is 2. The Morgan fingerprint density at radius 3 is 2.75 bits per heavy atom. The highest BCUT2D eigenvalue weighted by atomic mass is 16.5. The first-order valence-electron chi connectivity index (χ1n) is 10.2. The second-order valence-corrected chi connectivity index (χ2v) is 7.58. The molecule has 2 aromatic carbocycles. The number of imidazole rings is 1. The maximum atomic E-state index is 6.62. The third-order valence-corrected chi connectivity index (χ3v) is 5.28. The highest BCUT2D eigenvalue weighted by Gasteiger charge is 2.26. The number of hydrogen-bond donors (Lipinski definition) is 1. The molecular weight excluding hydrogens is 350 g/mol. The molecule has 28 heavy (non-hydrogen) atoms. The molecule has 0 spiro atoms. The van der Waals surface area contributed by atoms with Gasteiger partial charge in [-0.25, -0.2) is 4.98 Å². The van der Waals surface area contributed by atoms with Gasteiger partial charge in [-0.1, -0.05) is 31.2 Å². The summed E-state index contributed by atoms with van der Waals surface area (Å²) < 4.78 is 12.5. The van der Waals surface area contributed by atoms with E-state index in [1.807, 2.05) is 30.3 Å². The Kier molecular flexibility index (Phi) is 5.93. The summed E-state index contributed by atoms with van der Waals surface area (Å²) in [7, 11) is 2.17. The van der Waals surface area contributed by atoms with E-state index in [0.29, 0.717) is 6.61 Å². The number of aromatic amines is 1. The first-order valence-corrected chi connectivity index (χ1v) is 10.2. The van der Waals surface area contributed by atoms with Crippen molar-refractivity contribution in [2.75, 3.05) is 26.7 Å². The summed E-state index contributed by atoms with van der Waals surface area (Å²) in [6.45, 7) is 4.97. The minimum Gasteiger partial charge on any atom is -0.494 e. The van der Waals surface area contributed by atoms with Gasteiger partial charge in [-0.3, -0.25) is 0 Å². The maximum absolute atomic E-state index is 6.62. The van der Waals surface area contributed by atoms with Gasteiger partial charge in [0, 0.05) is 13.1 Å². The summed E-state index contributed by atoms with van der Waals surface area (Å²) >= 11 is 0. The predicted molar refractivity (Wildman–Crippen MR) is 112 cm³/mol. The lowest BCUT2D eigenvalue weighted by Gasteiger charge is -2.31. The molecule has 4 rings (SSSR count). The number of nitrogens with one attached hydrogen (secondary N) is 1. The molecule has 0 amide bonds. The molecular formula is C23H29N3O2. The van der Waals surface area contributed by atoms with Gasteiger partial charge in [0.2, 0.25) is 0 Å². The van der Waals surface area contributed by atoms with Crippen LogP contribution >= 0.6 is 0 Å². The number of nitrogens with zero attached hydrogens (tertiary/aromatic N) is 2. The van der Waals surface area contributed by atoms with Crippen molar-refractivity contribution in [2.24, 2.45) is 0 Å². The summed E-state index contributed by atoms with van der Waals surface area (Å²) in [5, 5.41) is 0. The number of para-hydroxylation sites is 2. The van der Waals surface area contributed by atoms with Crippen LogP contribution in [0.4, 0.5) is 0 Å². The minimum absolute atomic E-state index is 0.231. The Morgan fingerprint density at radius 2 is 1.96 bits per heavy atom. The van der Waals surface area contributed by atoms with Crippen molar-refractivity contribution in [3.8, 4) is 5.75 Å². The van der Waals surface area contributed by atoms with Gasteiger partial charge in [0.05, 0.1) is 23.7 Å². The van der Waals surface area contributed by atoms with Crippen molar-refractivity contribution in [1.29, 1.82) is 0 Å². The van der Waals surface area contributed by atoms with E-state index in [0.717, 1.165) is 60.5 Å². The fourth-order valence-electron chi connectivity index (χ4n) is 3.70. The number of aromatic nitrogens is 2. The Labute approximate surface area is 166 Å². The van der Waals surface area contributed by atoms with Crippen LogP contribution in [0.1, 0.15) is 43.7 Å². The summed E-state index contributed by atoms with van der Waals surface area (Å²) in [5.41, 5.74) is 3.08. The maximum Gasteiger partial charge on any atom is 0.141 e. The van der Waals surface area contributed by atoms with Gasteiger partial charge in [-0.2, -0.15) is 0 Å². The van der Waals surface area contributed by atoms with E-state index in [1.165, 1.54) is 0 Å². The van der Waals surface area contributed by atoms with Gasteiger partial charge in [-0.05, 0) is 56.1 Å². The van der Waals surface area contributed by atoms with Gasteiger partial charge in [0.15, 0.2) is 0 Å². The highest BCUT2D eigenvalue weighted by molar-refractivity contribution is 5.74. The zero-order valence-corrected chi connectivity index (χ0v) is 16.7. The topological polar surface area (TPSA) is 50.4 Å². The van der Waals surface area contributed by atoms with E-state index >= 15 is 0 Å². The molecule has 148 valence electrons. The summed E-state index contributed by atoms with van der Waals surface area (Å²) in [6, 6.07) is 16.4. The molecule has 1 aromatic heterocycles. The van der Waals surface area contributed by atoms with Crippen molar-refractivity contribution in [3.63, 3.8) is 0 Å². The lowest BCUT2D eigenvalue weighted by molar-refractivity contribution is -0.0264. The van der Waals surface area contributed by atoms with E-state index in [1.54, 1.807) is 0 Å². The predicted octanol–water partition coefficient (Wildman–Crippen LogP) is 4.55. The van der Waals surface area contributed by atoms with E-state index in [4.69, 9.17) is 14.5 Å². The normalized spacial score (nSPS) is 17.1. The van der Waals surface area contributed by atoms with Crippen LogP contribution in [-0.2, 0) is 4.74 Å². The van der Waals surface area contributed by atoms with Crippen LogP contribution in [0.15, 0.2) is 48.5 Å². The molecule has 3 aromatic rings. The molecule has 1 atom stereocenters. The number of hydrogen-bond acceptors (Lipinski definition) is 4. The smallest absolute Gasteiger partial charge is 0.141 e. The fraction of sp³-hybridized carbons (Fsp3) is 0.435. The van der Waals surface area contributed by atoms with E-state index in [-0.39, 0.29) is 12.2 Å². The Hall–Kier alpha value is -2.37. The van der Waals surface area contributed by atoms with E-state index < -0.39 is 0 Å². The van der Waals surface area contributed by atoms with Crippen LogP contribution in [0, 0.1) is 0 Å². The van der Waals surface area contributed by atoms with Gasteiger partial charge in [-0.15, -0.1) is 0 Å². The molecule has 5 heteroatoms. The molecule has 1 N–H and O–H groups in total. The van der Waals surface area contributed by atoms with Gasteiger partial charge in [0.1, 0.15) is 17.7 Å². The molecule has 0 saturated carbocycles. The number of rotatable bonds is 7. The number of piperidine rings is 1. The van der Waals surface area contributed by atoms with Crippen molar-refractivity contribution in [1.82, 2.24) is 14.9 Å². The van der Waals surface area contributed by atoms with Gasteiger partial charge in [0.25, 0.3) is 0 Å². The van der Waals surface area contributed by atoms with E-state index in [9.17, 15) is 0 Å². The molecule has 0 bridgehead atoms. The molecule has 1 saturated heterocycles. The number of likely N-dealkylation sites (tertiary alicyclic amines) is 1. The molecule has 1 fully saturated rings. The van der Waals surface area contributed by atoms with Gasteiger partial charge >= 0.3 is 0 Å². The monoisotopic (exact) mass is 379 g/mol. The summed E-state index contributed by atoms with van der Waals surface area (Å²) in [4.78, 5) is 10.7. The first kappa shape index (κ1) is 19.0. The highest BCUT2D eigenvalue weighted by Crippen LogP contribution is 2.31. The van der Waals surface area contributed by atoms with Crippen LogP contribution in [0.5, 0.6) is 5.75 Å². The van der Waals surface area contributed by atoms with Crippen LogP contribution in [-0.4, -0.2) is 47.7 Å². The Morgan fingerprint density at radius 1 is 1.14 bits per heavy atom. The van der Waals surface area contributed by atoms with Crippen LogP contribution in [0.25, 0.3) is 11.0 Å². The van der Waals surface area contributed by atoms with Crippen molar-refractivity contribution < 1.29 is 9.47 Å². The van der Waals surface area contributed by atoms with Crippen molar-refractivity contribution in [3.05, 3.63) is 59.9 Å². The van der Waals surface area contributed by atoms with Crippen LogP contribution in [0.2, 0.25) is 0 Å². The van der Waals surface area contributed by atoms with E-state index in [2.05, 4.69) is 42.1 Å². The van der Waals surface area contributed by atoms with Crippen LogP contribution in [0.3, 0.4) is 0 Å².